The summed E-state index contributed by atoms with van der Waals surface area (Å²) in [5.41, 5.74) is 2.55. The predicted octanol–water partition coefficient (Wildman–Crippen LogP) is 3.21. The summed E-state index contributed by atoms with van der Waals surface area (Å²) in [6.45, 7) is 3.65. The third-order valence-electron chi connectivity index (χ3n) is 3.98. The molecule has 0 spiro atoms. The molecule has 2 amide bonds. The number of hydrogen-bond donors (Lipinski definition) is 2. The van der Waals surface area contributed by atoms with Crippen LogP contribution < -0.4 is 10.6 Å². The monoisotopic (exact) mass is 368 g/mol. The van der Waals surface area contributed by atoms with E-state index in [1.165, 1.54) is 7.11 Å². The SMILES string of the molecule is COC(=O)C(NC(=O)Nc1ccc2oc(-c3ccncc3)nc2c1)C(C)C. The highest BCUT2D eigenvalue weighted by molar-refractivity contribution is 5.94. The Morgan fingerprint density at radius 1 is 1.15 bits per heavy atom. The van der Waals surface area contributed by atoms with Crippen LogP contribution in [0.15, 0.2) is 47.1 Å². The Hall–Kier alpha value is -3.42. The molecule has 2 aromatic heterocycles. The van der Waals surface area contributed by atoms with Gasteiger partial charge >= 0.3 is 12.0 Å². The number of carbonyl (C=O) groups is 2. The Kier molecular flexibility index (Phi) is 5.35. The number of hydrogen-bond acceptors (Lipinski definition) is 6. The molecule has 2 N–H and O–H groups in total. The molecule has 0 aliphatic heterocycles. The number of methoxy groups -OCH3 is 1. The molecule has 27 heavy (non-hydrogen) atoms. The highest BCUT2D eigenvalue weighted by atomic mass is 16.5. The number of fused-ring (bicyclic) bond motifs is 1. The average Bonchev–Trinajstić information content (AvgIpc) is 3.09. The second-order valence-electron chi connectivity index (χ2n) is 6.28. The molecular formula is C19H20N4O4. The standard InChI is InChI=1S/C19H20N4O4/c1-11(2)16(18(24)26-3)23-19(25)21-13-4-5-15-14(10-13)22-17(27-15)12-6-8-20-9-7-12/h4-11,16H,1-3H3,(H2,21,23,25). The lowest BCUT2D eigenvalue weighted by atomic mass is 10.1. The zero-order valence-corrected chi connectivity index (χ0v) is 15.2. The molecule has 0 radical (unpaired) electrons. The molecule has 0 saturated carbocycles. The number of rotatable bonds is 5. The summed E-state index contributed by atoms with van der Waals surface area (Å²) < 4.78 is 10.4. The molecule has 140 valence electrons. The van der Waals surface area contributed by atoms with Crippen LogP contribution in [0.25, 0.3) is 22.6 Å². The molecule has 3 aromatic rings. The molecule has 8 nitrogen and oxygen atoms in total. The molecular weight excluding hydrogens is 348 g/mol. The van der Waals surface area contributed by atoms with Crippen LogP contribution in [0.1, 0.15) is 13.8 Å². The molecule has 0 aliphatic rings. The molecule has 0 saturated heterocycles. The van der Waals surface area contributed by atoms with Crippen molar-refractivity contribution >= 4 is 28.8 Å². The van der Waals surface area contributed by atoms with Crippen molar-refractivity contribution in [3.63, 3.8) is 0 Å². The summed E-state index contributed by atoms with van der Waals surface area (Å²) in [6.07, 6.45) is 3.32. The normalized spacial score (nSPS) is 12.0. The fraction of sp³-hybridized carbons (Fsp3) is 0.263. The molecule has 1 unspecified atom stereocenters. The number of carbonyl (C=O) groups excluding carboxylic acids is 2. The minimum absolute atomic E-state index is 0.107. The Morgan fingerprint density at radius 3 is 2.56 bits per heavy atom. The van der Waals surface area contributed by atoms with Crippen molar-refractivity contribution in [1.82, 2.24) is 15.3 Å². The van der Waals surface area contributed by atoms with E-state index in [1.54, 1.807) is 42.7 Å². The van der Waals surface area contributed by atoms with Gasteiger partial charge in [0, 0.05) is 23.6 Å². The van der Waals surface area contributed by atoms with Gasteiger partial charge < -0.3 is 19.8 Å². The number of oxazole rings is 1. The number of aromatic nitrogens is 2. The number of benzene rings is 1. The lowest BCUT2D eigenvalue weighted by molar-refractivity contribution is -0.143. The number of nitrogens with one attached hydrogen (secondary N) is 2. The summed E-state index contributed by atoms with van der Waals surface area (Å²) in [5.74, 6) is -0.127. The van der Waals surface area contributed by atoms with Gasteiger partial charge in [-0.2, -0.15) is 0 Å². The number of nitrogens with zero attached hydrogens (tertiary/aromatic N) is 2. The molecule has 3 rings (SSSR count). The van der Waals surface area contributed by atoms with Crippen LogP contribution in [0.4, 0.5) is 10.5 Å². The second kappa shape index (κ2) is 7.86. The van der Waals surface area contributed by atoms with Crippen LogP contribution in [-0.2, 0) is 9.53 Å². The van der Waals surface area contributed by atoms with Crippen molar-refractivity contribution in [1.29, 1.82) is 0 Å². The van der Waals surface area contributed by atoms with Crippen LogP contribution in [0.5, 0.6) is 0 Å². The zero-order valence-electron chi connectivity index (χ0n) is 15.2. The van der Waals surface area contributed by atoms with Crippen molar-refractivity contribution in [3.05, 3.63) is 42.7 Å². The van der Waals surface area contributed by atoms with E-state index in [2.05, 4.69) is 20.6 Å². The number of amides is 2. The minimum Gasteiger partial charge on any atom is -0.467 e. The fourth-order valence-corrected chi connectivity index (χ4v) is 2.56. The smallest absolute Gasteiger partial charge is 0.328 e. The van der Waals surface area contributed by atoms with Crippen LogP contribution in [0.3, 0.4) is 0 Å². The Bertz CT molecular complexity index is 953. The van der Waals surface area contributed by atoms with E-state index in [0.29, 0.717) is 22.7 Å². The van der Waals surface area contributed by atoms with E-state index in [1.807, 2.05) is 13.8 Å². The van der Waals surface area contributed by atoms with Gasteiger partial charge in [-0.25, -0.2) is 14.6 Å². The molecule has 0 aliphatic carbocycles. The van der Waals surface area contributed by atoms with Crippen LogP contribution in [-0.4, -0.2) is 35.1 Å². The quantitative estimate of drug-likeness (QED) is 0.670. The van der Waals surface area contributed by atoms with Gasteiger partial charge in [-0.05, 0) is 36.2 Å². The molecule has 1 atom stereocenters. The van der Waals surface area contributed by atoms with Crippen molar-refractivity contribution in [3.8, 4) is 11.5 Å². The molecule has 0 bridgehead atoms. The van der Waals surface area contributed by atoms with Crippen LogP contribution in [0, 0.1) is 5.92 Å². The first-order chi connectivity index (χ1) is 13.0. The highest BCUT2D eigenvalue weighted by Crippen LogP contribution is 2.25. The van der Waals surface area contributed by atoms with Gasteiger partial charge in [-0.15, -0.1) is 0 Å². The maximum Gasteiger partial charge on any atom is 0.328 e. The van der Waals surface area contributed by atoms with E-state index in [0.717, 1.165) is 5.56 Å². The van der Waals surface area contributed by atoms with E-state index in [4.69, 9.17) is 9.15 Å². The molecule has 8 heteroatoms. The topological polar surface area (TPSA) is 106 Å². The number of anilines is 1. The lowest BCUT2D eigenvalue weighted by Crippen LogP contribution is -2.46. The maximum atomic E-state index is 12.2. The van der Waals surface area contributed by atoms with E-state index >= 15 is 0 Å². The van der Waals surface area contributed by atoms with Gasteiger partial charge in [0.15, 0.2) is 5.58 Å². The highest BCUT2D eigenvalue weighted by Gasteiger charge is 2.24. The first-order valence-corrected chi connectivity index (χ1v) is 8.44. The number of ether oxygens (including phenoxy) is 1. The van der Waals surface area contributed by atoms with Crippen molar-refractivity contribution in [2.24, 2.45) is 5.92 Å². The summed E-state index contributed by atoms with van der Waals surface area (Å²) in [6, 6.07) is 7.49. The predicted molar refractivity (Wildman–Crippen MR) is 100 cm³/mol. The van der Waals surface area contributed by atoms with Crippen molar-refractivity contribution in [2.45, 2.75) is 19.9 Å². The average molecular weight is 368 g/mol. The fourth-order valence-electron chi connectivity index (χ4n) is 2.56. The van der Waals surface area contributed by atoms with Gasteiger partial charge in [-0.1, -0.05) is 13.8 Å². The van der Waals surface area contributed by atoms with Gasteiger partial charge in [0.25, 0.3) is 0 Å². The number of esters is 1. The molecule has 1 aromatic carbocycles. The number of urea groups is 1. The van der Waals surface area contributed by atoms with E-state index in [-0.39, 0.29) is 5.92 Å². The zero-order chi connectivity index (χ0) is 19.4. The van der Waals surface area contributed by atoms with Crippen LogP contribution in [0.2, 0.25) is 0 Å². The Morgan fingerprint density at radius 2 is 1.89 bits per heavy atom. The van der Waals surface area contributed by atoms with Crippen molar-refractivity contribution in [2.75, 3.05) is 12.4 Å². The third kappa shape index (κ3) is 4.22. The second-order valence-corrected chi connectivity index (χ2v) is 6.28. The largest absolute Gasteiger partial charge is 0.467 e. The van der Waals surface area contributed by atoms with E-state index < -0.39 is 18.0 Å². The van der Waals surface area contributed by atoms with E-state index in [9.17, 15) is 9.59 Å². The minimum atomic E-state index is -0.732. The lowest BCUT2D eigenvalue weighted by Gasteiger charge is -2.20. The van der Waals surface area contributed by atoms with Crippen LogP contribution >= 0.6 is 0 Å². The first-order valence-electron chi connectivity index (χ1n) is 8.44. The summed E-state index contributed by atoms with van der Waals surface area (Å²) in [7, 11) is 1.29. The van der Waals surface area contributed by atoms with Crippen molar-refractivity contribution < 1.29 is 18.7 Å². The van der Waals surface area contributed by atoms with Gasteiger partial charge in [-0.3, -0.25) is 4.98 Å². The van der Waals surface area contributed by atoms with Gasteiger partial charge in [0.1, 0.15) is 11.6 Å². The Labute approximate surface area is 155 Å². The van der Waals surface area contributed by atoms with Gasteiger partial charge in [0.2, 0.25) is 5.89 Å². The van der Waals surface area contributed by atoms with Gasteiger partial charge in [0.05, 0.1) is 7.11 Å². The number of pyridine rings is 1. The maximum absolute atomic E-state index is 12.2. The molecule has 0 fully saturated rings. The molecule has 2 heterocycles. The summed E-state index contributed by atoms with van der Waals surface area (Å²) in [4.78, 5) is 32.4. The summed E-state index contributed by atoms with van der Waals surface area (Å²) >= 11 is 0. The first kappa shape index (κ1) is 18.4. The third-order valence-corrected chi connectivity index (χ3v) is 3.98. The summed E-state index contributed by atoms with van der Waals surface area (Å²) in [5, 5.41) is 5.32. The Balaban J connectivity index is 1.75.